The summed E-state index contributed by atoms with van der Waals surface area (Å²) in [5, 5.41) is 47.5. The Morgan fingerprint density at radius 3 is 0.937 bits per heavy atom. The first-order chi connectivity index (χ1) is 46.9. The summed E-state index contributed by atoms with van der Waals surface area (Å²) in [5.74, 6) is 1.55. The average molecular weight is 1210 g/mol. The zero-order valence-corrected chi connectivity index (χ0v) is 50.7. The lowest BCUT2D eigenvalue weighted by atomic mass is 9.92. The molecule has 0 atom stereocenters. The fourth-order valence-corrected chi connectivity index (χ4v) is 13.9. The molecule has 17 rings (SSSR count). The summed E-state index contributed by atoms with van der Waals surface area (Å²) in [5.41, 5.74) is 19.5. The molecule has 438 valence electrons. The molecule has 0 saturated heterocycles. The molecule has 0 radical (unpaired) electrons. The number of nitriles is 4. The molecule has 0 bridgehead atoms. The van der Waals surface area contributed by atoms with Crippen molar-refractivity contribution in [2.24, 2.45) is 0 Å². The van der Waals surface area contributed by atoms with Crippen LogP contribution in [0.1, 0.15) is 22.3 Å². The Labute approximate surface area is 545 Å². The number of hydrogen-bond donors (Lipinski definition) is 0. The largest absolute Gasteiger partial charge is 0.309 e. The number of benzene rings is 13. The van der Waals surface area contributed by atoms with Gasteiger partial charge in [0.2, 0.25) is 0 Å². The molecule has 0 spiro atoms. The summed E-state index contributed by atoms with van der Waals surface area (Å²) in [7, 11) is 0. The Hall–Kier alpha value is -13.8. The third kappa shape index (κ3) is 9.26. The first kappa shape index (κ1) is 55.3. The van der Waals surface area contributed by atoms with E-state index >= 15 is 0 Å². The molecule has 4 heterocycles. The van der Waals surface area contributed by atoms with Crippen LogP contribution in [-0.2, 0) is 0 Å². The molecule has 10 nitrogen and oxygen atoms in total. The SMILES string of the molecule is N#Cc1ccc(-c2ccc3c(c2)c2cc(-c4ccc(C#N)cc4C#N)ccc2n3-c2c(-c3ccc(-n4c5ccccc5c5ccccc54)cc3)cc(-c3nc(-c4ccccc4)nc(-c4ccccc4)n3)cc2-c2ccc(-n3c4ccccc4c4ccccc43)cc2)c(C#N)c1. The normalized spacial score (nSPS) is 11.3. The number of nitrogens with zero attached hydrogens (tertiary/aromatic N) is 10. The fourth-order valence-electron chi connectivity index (χ4n) is 13.9. The number of para-hydroxylation sites is 4. The van der Waals surface area contributed by atoms with Crippen molar-refractivity contribution >= 4 is 65.4 Å². The van der Waals surface area contributed by atoms with Crippen molar-refractivity contribution in [3.8, 4) is 120 Å². The highest BCUT2D eigenvalue weighted by Gasteiger charge is 2.26. The predicted octanol–water partition coefficient (Wildman–Crippen LogP) is 20.3. The van der Waals surface area contributed by atoms with Gasteiger partial charge in [-0.2, -0.15) is 21.0 Å². The van der Waals surface area contributed by atoms with Crippen LogP contribution in [0.2, 0.25) is 0 Å². The maximum absolute atomic E-state index is 10.6. The number of aromatic nitrogens is 6. The van der Waals surface area contributed by atoms with E-state index in [0.717, 1.165) is 111 Å². The van der Waals surface area contributed by atoms with Crippen LogP contribution in [0.15, 0.2) is 291 Å². The van der Waals surface area contributed by atoms with Gasteiger partial charge in [0.15, 0.2) is 17.5 Å². The molecular weight excluding hydrogens is 1160 g/mol. The topological polar surface area (TPSA) is 149 Å². The molecule has 0 aliphatic heterocycles. The quantitative estimate of drug-likeness (QED) is 0.132. The summed E-state index contributed by atoms with van der Waals surface area (Å²) in [6.07, 6.45) is 0. The van der Waals surface area contributed by atoms with Gasteiger partial charge in [0.05, 0.1) is 85.3 Å². The van der Waals surface area contributed by atoms with Gasteiger partial charge in [0.25, 0.3) is 0 Å². The zero-order valence-electron chi connectivity index (χ0n) is 50.7. The second-order valence-electron chi connectivity index (χ2n) is 23.6. The van der Waals surface area contributed by atoms with Crippen LogP contribution in [0.25, 0.3) is 161 Å². The fraction of sp³-hybridized carbons (Fsp3) is 0. The van der Waals surface area contributed by atoms with Crippen molar-refractivity contribution < 1.29 is 0 Å². The van der Waals surface area contributed by atoms with E-state index in [4.69, 9.17) is 15.0 Å². The Bertz CT molecular complexity index is 5710. The van der Waals surface area contributed by atoms with Gasteiger partial charge in [-0.05, 0) is 143 Å². The first-order valence-electron chi connectivity index (χ1n) is 31.1. The van der Waals surface area contributed by atoms with Gasteiger partial charge < -0.3 is 13.7 Å². The molecule has 0 fully saturated rings. The van der Waals surface area contributed by atoms with Crippen LogP contribution in [-0.4, -0.2) is 28.7 Å². The lowest BCUT2D eigenvalue weighted by Crippen LogP contribution is -2.04. The third-order valence-corrected chi connectivity index (χ3v) is 18.2. The van der Waals surface area contributed by atoms with Gasteiger partial charge in [-0.25, -0.2) is 15.0 Å². The van der Waals surface area contributed by atoms with Gasteiger partial charge in [0, 0.05) is 71.5 Å². The van der Waals surface area contributed by atoms with Gasteiger partial charge in [-0.15, -0.1) is 0 Å². The second kappa shape index (κ2) is 22.6. The first-order valence-corrected chi connectivity index (χ1v) is 31.1. The van der Waals surface area contributed by atoms with Gasteiger partial charge in [0.1, 0.15) is 0 Å². The van der Waals surface area contributed by atoms with E-state index in [1.807, 2.05) is 84.9 Å². The minimum absolute atomic E-state index is 0.377. The van der Waals surface area contributed by atoms with E-state index in [9.17, 15) is 21.0 Å². The van der Waals surface area contributed by atoms with E-state index in [2.05, 4.69) is 220 Å². The number of hydrogen-bond acceptors (Lipinski definition) is 7. The zero-order chi connectivity index (χ0) is 63.7. The monoisotopic (exact) mass is 1210 g/mol. The van der Waals surface area contributed by atoms with Crippen molar-refractivity contribution in [2.45, 2.75) is 0 Å². The minimum Gasteiger partial charge on any atom is -0.309 e. The van der Waals surface area contributed by atoms with E-state index < -0.39 is 0 Å². The lowest BCUT2D eigenvalue weighted by Gasteiger charge is -2.22. The average Bonchev–Trinajstić information content (AvgIpc) is 1.61. The van der Waals surface area contributed by atoms with E-state index in [0.29, 0.717) is 50.9 Å². The molecule has 0 N–H and O–H groups in total. The van der Waals surface area contributed by atoms with Crippen LogP contribution in [0, 0.1) is 45.3 Å². The highest BCUT2D eigenvalue weighted by atomic mass is 15.0. The smallest absolute Gasteiger partial charge is 0.164 e. The van der Waals surface area contributed by atoms with Crippen molar-refractivity contribution in [1.82, 2.24) is 28.7 Å². The minimum atomic E-state index is 0.377. The van der Waals surface area contributed by atoms with Crippen molar-refractivity contribution in [3.05, 3.63) is 313 Å². The Morgan fingerprint density at radius 1 is 0.232 bits per heavy atom. The van der Waals surface area contributed by atoms with E-state index in [1.54, 1.807) is 24.3 Å². The molecule has 17 aromatic rings. The van der Waals surface area contributed by atoms with Gasteiger partial charge >= 0.3 is 0 Å². The van der Waals surface area contributed by atoms with Gasteiger partial charge in [-0.1, -0.05) is 182 Å². The van der Waals surface area contributed by atoms with E-state index in [-0.39, 0.29) is 0 Å². The van der Waals surface area contributed by atoms with Crippen LogP contribution in [0.4, 0.5) is 0 Å². The van der Waals surface area contributed by atoms with Crippen molar-refractivity contribution in [1.29, 1.82) is 21.0 Å². The van der Waals surface area contributed by atoms with Gasteiger partial charge in [-0.3, -0.25) is 0 Å². The maximum Gasteiger partial charge on any atom is 0.164 e. The molecule has 0 aliphatic carbocycles. The Kier molecular flexibility index (Phi) is 13.2. The highest BCUT2D eigenvalue weighted by Crippen LogP contribution is 2.47. The van der Waals surface area contributed by atoms with Crippen LogP contribution in [0.5, 0.6) is 0 Å². The Morgan fingerprint density at radius 2 is 0.568 bits per heavy atom. The standard InChI is InChI=1S/C85H48N10/c86-49-53-27-39-66(62(43-53)51-88)59-33-41-80-74(45-59)75-46-60(67-40-28-54(50-87)44-63(67)52-89)34-42-81(75)95(80)82-72(55-29-35-64(36-30-55)93-76-23-11-7-19-68(76)69-20-8-12-24-77(69)93)47-61(85-91-83(57-15-3-1-4-16-57)90-84(92-85)58-17-5-2-6-18-58)48-73(82)56-31-37-65(38-32-56)94-78-25-13-9-21-70(78)71-22-10-14-26-79(71)94/h1-48H. The molecule has 13 aromatic carbocycles. The molecule has 4 aromatic heterocycles. The molecule has 95 heavy (non-hydrogen) atoms. The molecular formula is C85H48N10. The van der Waals surface area contributed by atoms with Crippen LogP contribution in [0.3, 0.4) is 0 Å². The van der Waals surface area contributed by atoms with Crippen LogP contribution >= 0.6 is 0 Å². The highest BCUT2D eigenvalue weighted by molar-refractivity contribution is 6.14. The van der Waals surface area contributed by atoms with Crippen molar-refractivity contribution in [2.75, 3.05) is 0 Å². The number of rotatable bonds is 10. The molecule has 0 saturated carbocycles. The second-order valence-corrected chi connectivity index (χ2v) is 23.6. The predicted molar refractivity (Wildman–Crippen MR) is 380 cm³/mol. The maximum atomic E-state index is 10.6. The summed E-state index contributed by atoms with van der Waals surface area (Å²) < 4.78 is 7.01. The molecule has 0 amide bonds. The summed E-state index contributed by atoms with van der Waals surface area (Å²) >= 11 is 0. The number of fused-ring (bicyclic) bond motifs is 9. The molecule has 10 heteroatoms. The summed E-state index contributed by atoms with van der Waals surface area (Å²) in [4.78, 5) is 15.9. The Balaban J connectivity index is 0.985. The molecule has 0 unspecified atom stereocenters. The lowest BCUT2D eigenvalue weighted by molar-refractivity contribution is 1.07. The third-order valence-electron chi connectivity index (χ3n) is 18.2. The van der Waals surface area contributed by atoms with Crippen molar-refractivity contribution in [3.63, 3.8) is 0 Å². The van der Waals surface area contributed by atoms with Crippen LogP contribution < -0.4 is 0 Å². The molecule has 0 aliphatic rings. The summed E-state index contributed by atoms with van der Waals surface area (Å²) in [6.45, 7) is 0. The summed E-state index contributed by atoms with van der Waals surface area (Å²) in [6, 6.07) is 108. The van der Waals surface area contributed by atoms with E-state index in [1.165, 1.54) is 21.5 Å².